The molecule has 10 aromatic rings. The van der Waals surface area contributed by atoms with Crippen molar-refractivity contribution < 1.29 is 30.5 Å². The Hall–Kier alpha value is -5.78. The summed E-state index contributed by atoms with van der Waals surface area (Å²) in [5, 5.41) is -0.114. The van der Waals surface area contributed by atoms with Gasteiger partial charge in [-0.15, -0.1) is 11.3 Å². The van der Waals surface area contributed by atoms with E-state index in [0.29, 0.717) is 5.39 Å². The second kappa shape index (κ2) is 9.36. The zero-order chi connectivity index (χ0) is 46.0. The molecule has 0 aliphatic carbocycles. The van der Waals surface area contributed by atoms with Crippen LogP contribution in [-0.4, -0.2) is 14.5 Å². The molecule has 210 valence electrons. The molecule has 0 spiro atoms. The number of thiophene rings is 1. The summed E-state index contributed by atoms with van der Waals surface area (Å²) in [5.74, 6) is 0. The molecule has 4 aromatic heterocycles. The van der Waals surface area contributed by atoms with Crippen molar-refractivity contribution >= 4 is 75.4 Å². The van der Waals surface area contributed by atoms with E-state index in [1.807, 2.05) is 0 Å². The van der Waals surface area contributed by atoms with Crippen molar-refractivity contribution in [2.24, 2.45) is 0 Å². The number of aromatic nitrogens is 3. The van der Waals surface area contributed by atoms with Crippen molar-refractivity contribution in [3.05, 3.63) is 139 Å². The van der Waals surface area contributed by atoms with Gasteiger partial charge in [0.1, 0.15) is 23.1 Å². The third-order valence-electron chi connectivity index (χ3n) is 7.58. The fourth-order valence-corrected chi connectivity index (χ4v) is 6.78. The van der Waals surface area contributed by atoms with Crippen LogP contribution in [0.4, 0.5) is 0 Å². The van der Waals surface area contributed by atoms with Gasteiger partial charge in [-0.3, -0.25) is 0 Å². The molecular formula is C40H23N3OS. The van der Waals surface area contributed by atoms with Crippen LogP contribution in [0.3, 0.4) is 0 Å². The van der Waals surface area contributed by atoms with Crippen molar-refractivity contribution in [1.29, 1.82) is 0 Å². The SMILES string of the molecule is [2H]c1c([2H])c([2H])c(-c2ccc3oc4c(-c5c([2H])c([2H])c([2H])c(-n6c7c([2H])c([2H])c([2H])c([2H])c7c7c8sc9c([2H])c([2H])c([2H])c([2H])c9c8c([2H])c([2H])c76)c5[2H])ncnc4c3c2)c([2H])c1[2H]. The predicted octanol–water partition coefficient (Wildman–Crippen LogP) is 11.2. The van der Waals surface area contributed by atoms with E-state index in [2.05, 4.69) is 9.97 Å². The highest BCUT2D eigenvalue weighted by Gasteiger charge is 2.19. The smallest absolute Gasteiger partial charge is 0.180 e. The largest absolute Gasteiger partial charge is 0.452 e. The molecule has 0 fully saturated rings. The van der Waals surface area contributed by atoms with Crippen LogP contribution >= 0.6 is 11.3 Å². The highest BCUT2D eigenvalue weighted by Crippen LogP contribution is 2.43. The van der Waals surface area contributed by atoms with Gasteiger partial charge < -0.3 is 8.98 Å². The molecule has 4 nitrogen and oxygen atoms in total. The van der Waals surface area contributed by atoms with Gasteiger partial charge in [-0.25, -0.2) is 9.97 Å². The molecule has 0 saturated heterocycles. The molecule has 0 N–H and O–H groups in total. The normalized spacial score (nSPS) is 17.9. The average molecular weight is 613 g/mol. The molecule has 45 heavy (non-hydrogen) atoms. The summed E-state index contributed by atoms with van der Waals surface area (Å²) < 4.78 is 174. The van der Waals surface area contributed by atoms with Gasteiger partial charge in [0.25, 0.3) is 0 Å². The summed E-state index contributed by atoms with van der Waals surface area (Å²) in [6, 6.07) is -6.81. The monoisotopic (exact) mass is 612 g/mol. The molecule has 0 saturated carbocycles. The quantitative estimate of drug-likeness (QED) is 0.199. The summed E-state index contributed by atoms with van der Waals surface area (Å²) in [5.41, 5.74) is -1.42. The van der Waals surface area contributed by atoms with Crippen LogP contribution in [0.25, 0.3) is 92.1 Å². The highest BCUT2D eigenvalue weighted by molar-refractivity contribution is 7.26. The van der Waals surface area contributed by atoms with Crippen LogP contribution < -0.4 is 0 Å². The summed E-state index contributed by atoms with van der Waals surface area (Å²) in [7, 11) is 0. The molecular weight excluding hydrogens is 571 g/mol. The van der Waals surface area contributed by atoms with E-state index >= 15 is 0 Å². The minimum Gasteiger partial charge on any atom is -0.452 e. The van der Waals surface area contributed by atoms with Gasteiger partial charge in [0.2, 0.25) is 0 Å². The third-order valence-corrected chi connectivity index (χ3v) is 8.70. The Balaban J connectivity index is 1.33. The molecule has 0 aliphatic heterocycles. The molecule has 6 aromatic carbocycles. The maximum Gasteiger partial charge on any atom is 0.180 e. The number of hydrogen-bond acceptors (Lipinski definition) is 4. The Morgan fingerprint density at radius 3 is 2.40 bits per heavy atom. The van der Waals surface area contributed by atoms with Gasteiger partial charge in [-0.1, -0.05) is 90.7 Å². The highest BCUT2D eigenvalue weighted by atomic mass is 32.1. The van der Waals surface area contributed by atoms with Gasteiger partial charge in [0.15, 0.2) is 5.58 Å². The summed E-state index contributed by atoms with van der Waals surface area (Å²) in [4.78, 5) is 8.73. The van der Waals surface area contributed by atoms with Gasteiger partial charge in [-0.05, 0) is 53.5 Å². The summed E-state index contributed by atoms with van der Waals surface area (Å²) >= 11 is 0.828. The zero-order valence-corrected chi connectivity index (χ0v) is 23.3. The lowest BCUT2D eigenvalue weighted by molar-refractivity contribution is 0.667. The van der Waals surface area contributed by atoms with Crippen LogP contribution in [-0.2, 0) is 0 Å². The Bertz CT molecular complexity index is 3830. The van der Waals surface area contributed by atoms with Crippen LogP contribution in [0.1, 0.15) is 26.0 Å². The van der Waals surface area contributed by atoms with Gasteiger partial charge >= 0.3 is 0 Å². The molecule has 4 heterocycles. The van der Waals surface area contributed by atoms with E-state index in [-0.39, 0.29) is 81.0 Å². The summed E-state index contributed by atoms with van der Waals surface area (Å²) in [6.45, 7) is 0. The van der Waals surface area contributed by atoms with Crippen molar-refractivity contribution in [3.8, 4) is 28.1 Å². The first kappa shape index (κ1) is 12.7. The number of para-hydroxylation sites is 1. The van der Waals surface area contributed by atoms with Crippen LogP contribution in [0.2, 0.25) is 0 Å². The van der Waals surface area contributed by atoms with E-state index in [0.717, 1.165) is 22.2 Å². The maximum atomic E-state index is 9.72. The maximum absolute atomic E-state index is 9.72. The van der Waals surface area contributed by atoms with E-state index < -0.39 is 120 Å². The van der Waals surface area contributed by atoms with Crippen molar-refractivity contribution in [1.82, 2.24) is 14.5 Å². The van der Waals surface area contributed by atoms with Crippen molar-refractivity contribution in [2.45, 2.75) is 0 Å². The minimum atomic E-state index is -0.759. The molecule has 0 atom stereocenters. The van der Waals surface area contributed by atoms with E-state index in [1.54, 1.807) is 0 Å². The number of furan rings is 1. The first-order valence-corrected chi connectivity index (χ1v) is 14.3. The van der Waals surface area contributed by atoms with Gasteiger partial charge in [-0.2, -0.15) is 0 Å². The minimum absolute atomic E-state index is 0.0267. The topological polar surface area (TPSA) is 43.9 Å². The first-order chi connectivity index (χ1) is 30.2. The average Bonchev–Trinajstić information content (AvgIpc) is 3.97. The first-order valence-electron chi connectivity index (χ1n) is 22.9. The Kier molecular flexibility index (Phi) is 2.64. The second-order valence-electron chi connectivity index (χ2n) is 9.98. The lowest BCUT2D eigenvalue weighted by Gasteiger charge is -2.10. The Labute approximate surface area is 288 Å². The lowest BCUT2D eigenvalue weighted by atomic mass is 10.0. The number of fused-ring (bicyclic) bond motifs is 10. The third kappa shape index (κ3) is 3.59. The molecule has 0 unspecified atom stereocenters. The lowest BCUT2D eigenvalue weighted by Crippen LogP contribution is -1.95. The van der Waals surface area contributed by atoms with Crippen LogP contribution in [0.5, 0.6) is 0 Å². The van der Waals surface area contributed by atoms with Gasteiger partial charge in [0.05, 0.1) is 37.1 Å². The second-order valence-corrected chi connectivity index (χ2v) is 11.0. The molecule has 0 aliphatic rings. The van der Waals surface area contributed by atoms with E-state index in [9.17, 15) is 5.48 Å². The predicted molar refractivity (Wildman–Crippen MR) is 187 cm³/mol. The summed E-state index contributed by atoms with van der Waals surface area (Å²) in [6.07, 6.45) is 1.09. The van der Waals surface area contributed by atoms with Crippen LogP contribution in [0, 0.1) is 0 Å². The number of rotatable bonds is 3. The van der Waals surface area contributed by atoms with Crippen LogP contribution in [0.15, 0.2) is 144 Å². The van der Waals surface area contributed by atoms with Crippen molar-refractivity contribution in [3.63, 3.8) is 0 Å². The van der Waals surface area contributed by atoms with E-state index in [1.165, 1.54) is 18.2 Å². The molecule has 0 amide bonds. The van der Waals surface area contributed by atoms with Gasteiger partial charge in [0, 0.05) is 47.6 Å². The fourth-order valence-electron chi connectivity index (χ4n) is 5.67. The Morgan fingerprint density at radius 1 is 0.644 bits per heavy atom. The number of benzene rings is 6. The molecule has 0 radical (unpaired) electrons. The molecule has 10 rings (SSSR count). The van der Waals surface area contributed by atoms with Crippen molar-refractivity contribution in [2.75, 3.05) is 0 Å². The standard InChI is InChI=1S/C40H23N3OS/c1-2-9-24(10-3-1)25-17-20-34-31(22-25)38-39(44-34)37(41-23-42-38)26-11-8-12-27(21-26)43-32-15-6-4-14-30(32)36-33(43)19-18-29-28-13-5-7-16-35(28)45-40(29)36/h1-23H/i1D,2D,3D,4D,5D,6D,7D,8D,9D,10D,11D,12D,13D,14D,15D,16D,18D,19D,21D. The molecule has 0 bridgehead atoms. The number of hydrogen-bond donors (Lipinski definition) is 0. The molecule has 5 heteroatoms. The zero-order valence-electron chi connectivity index (χ0n) is 41.5. The van der Waals surface area contributed by atoms with E-state index in [4.69, 9.17) is 25.0 Å². The Morgan fingerprint density at radius 2 is 1.47 bits per heavy atom. The fraction of sp³-hybridized carbons (Fsp3) is 0. The number of nitrogens with zero attached hydrogens (tertiary/aromatic N) is 3.